The van der Waals surface area contributed by atoms with Gasteiger partial charge in [-0.1, -0.05) is 22.5 Å². The fourth-order valence-electron chi connectivity index (χ4n) is 2.20. The van der Waals surface area contributed by atoms with Crippen molar-refractivity contribution < 1.29 is 9.32 Å². The van der Waals surface area contributed by atoms with E-state index in [9.17, 15) is 9.59 Å². The summed E-state index contributed by atoms with van der Waals surface area (Å²) >= 11 is 0. The zero-order valence-corrected chi connectivity index (χ0v) is 12.8. The third-order valence-electron chi connectivity index (χ3n) is 3.42. The zero-order chi connectivity index (χ0) is 16.4. The van der Waals surface area contributed by atoms with Crippen molar-refractivity contribution in [2.24, 2.45) is 0 Å². The summed E-state index contributed by atoms with van der Waals surface area (Å²) in [6.07, 6.45) is 0. The van der Waals surface area contributed by atoms with Crippen LogP contribution in [-0.2, 0) is 17.9 Å². The number of hydrogen-bond donors (Lipinski definition) is 0. The summed E-state index contributed by atoms with van der Waals surface area (Å²) in [4.78, 5) is 26.0. The first-order valence-corrected chi connectivity index (χ1v) is 7.03. The number of carbonyl (C=O) groups excluding carboxylic acids is 1. The van der Waals surface area contributed by atoms with Gasteiger partial charge in [0.05, 0.1) is 11.9 Å². The van der Waals surface area contributed by atoms with E-state index in [-0.39, 0.29) is 18.0 Å². The molecule has 0 saturated carbocycles. The van der Waals surface area contributed by atoms with Gasteiger partial charge in [0, 0.05) is 13.1 Å². The lowest BCUT2D eigenvalue weighted by atomic mass is 10.2. The lowest BCUT2D eigenvalue weighted by Gasteiger charge is -2.15. The number of nitrogens with zero attached hydrogens (tertiary/aromatic N) is 5. The average Bonchev–Trinajstić information content (AvgIpc) is 2.95. The maximum Gasteiger partial charge on any atom is 0.278 e. The molecule has 0 unspecified atom stereocenters. The number of aromatic nitrogens is 4. The zero-order valence-electron chi connectivity index (χ0n) is 12.8. The molecule has 8 heteroatoms. The van der Waals surface area contributed by atoms with Crippen LogP contribution in [0.5, 0.6) is 0 Å². The second kappa shape index (κ2) is 5.99. The molecule has 0 bridgehead atoms. The molecule has 3 rings (SSSR count). The molecular weight excluding hydrogens is 298 g/mol. The Balaban J connectivity index is 1.77. The highest BCUT2D eigenvalue weighted by molar-refractivity contribution is 5.78. The molecule has 0 fully saturated rings. The lowest BCUT2D eigenvalue weighted by molar-refractivity contribution is -0.131. The van der Waals surface area contributed by atoms with E-state index in [1.165, 1.54) is 4.90 Å². The molecule has 118 valence electrons. The number of carbonyl (C=O) groups is 1. The number of benzene rings is 1. The van der Waals surface area contributed by atoms with Crippen LogP contribution in [0.25, 0.3) is 10.9 Å². The first-order valence-electron chi connectivity index (χ1n) is 7.03. The van der Waals surface area contributed by atoms with Crippen LogP contribution in [0.2, 0.25) is 0 Å². The van der Waals surface area contributed by atoms with E-state index < -0.39 is 0 Å². The normalized spacial score (nSPS) is 10.9. The van der Waals surface area contributed by atoms with Crippen LogP contribution in [0.4, 0.5) is 0 Å². The van der Waals surface area contributed by atoms with Gasteiger partial charge in [0.25, 0.3) is 5.56 Å². The van der Waals surface area contributed by atoms with Crippen molar-refractivity contribution in [1.29, 1.82) is 0 Å². The third-order valence-corrected chi connectivity index (χ3v) is 3.42. The summed E-state index contributed by atoms with van der Waals surface area (Å²) in [7, 11) is 1.63. The van der Waals surface area contributed by atoms with Gasteiger partial charge < -0.3 is 9.42 Å². The standard InChI is InChI=1S/C15H15N5O3/c1-10-7-11(17-23-10)8-19(2)14(21)9-20-15(22)12-5-3-4-6-13(12)16-18-20/h3-7H,8-9H2,1-2H3. The highest BCUT2D eigenvalue weighted by Gasteiger charge is 2.15. The van der Waals surface area contributed by atoms with Gasteiger partial charge in [0.2, 0.25) is 5.91 Å². The van der Waals surface area contributed by atoms with Gasteiger partial charge in [0.15, 0.2) is 0 Å². The Kier molecular flexibility index (Phi) is 3.88. The van der Waals surface area contributed by atoms with Crippen molar-refractivity contribution in [3.63, 3.8) is 0 Å². The Bertz CT molecular complexity index is 915. The highest BCUT2D eigenvalue weighted by Crippen LogP contribution is 2.06. The van der Waals surface area contributed by atoms with Gasteiger partial charge in [-0.15, -0.1) is 5.10 Å². The van der Waals surface area contributed by atoms with E-state index >= 15 is 0 Å². The first-order chi connectivity index (χ1) is 11.0. The minimum Gasteiger partial charge on any atom is -0.361 e. The summed E-state index contributed by atoms with van der Waals surface area (Å²) in [5.41, 5.74) is 0.817. The summed E-state index contributed by atoms with van der Waals surface area (Å²) in [5.74, 6) is 0.412. The number of amides is 1. The second-order valence-electron chi connectivity index (χ2n) is 5.25. The first kappa shape index (κ1) is 14.9. The summed E-state index contributed by atoms with van der Waals surface area (Å²) in [5, 5.41) is 12.0. The van der Waals surface area contributed by atoms with E-state index in [2.05, 4.69) is 15.5 Å². The molecule has 0 saturated heterocycles. The van der Waals surface area contributed by atoms with Gasteiger partial charge in [-0.2, -0.15) is 0 Å². The van der Waals surface area contributed by atoms with Gasteiger partial charge in [0.1, 0.15) is 23.5 Å². The van der Waals surface area contributed by atoms with Gasteiger partial charge in [-0.05, 0) is 19.1 Å². The summed E-state index contributed by atoms with van der Waals surface area (Å²) < 4.78 is 6.03. The van der Waals surface area contributed by atoms with Gasteiger partial charge in [-0.3, -0.25) is 9.59 Å². The number of hydrogen-bond acceptors (Lipinski definition) is 6. The van der Waals surface area contributed by atoms with E-state index in [4.69, 9.17) is 4.52 Å². The van der Waals surface area contributed by atoms with Crippen molar-refractivity contribution in [2.45, 2.75) is 20.0 Å². The molecule has 23 heavy (non-hydrogen) atoms. The molecule has 2 aromatic heterocycles. The van der Waals surface area contributed by atoms with Crippen molar-refractivity contribution in [3.05, 3.63) is 52.1 Å². The molecule has 0 radical (unpaired) electrons. The summed E-state index contributed by atoms with van der Waals surface area (Å²) in [6, 6.07) is 8.64. The molecule has 1 aromatic carbocycles. The quantitative estimate of drug-likeness (QED) is 0.705. The molecule has 0 aliphatic carbocycles. The van der Waals surface area contributed by atoms with E-state index in [1.807, 2.05) is 0 Å². The van der Waals surface area contributed by atoms with Crippen LogP contribution in [-0.4, -0.2) is 38.0 Å². The molecule has 0 atom stereocenters. The second-order valence-corrected chi connectivity index (χ2v) is 5.25. The highest BCUT2D eigenvalue weighted by atomic mass is 16.5. The number of aryl methyl sites for hydroxylation is 1. The molecular formula is C15H15N5O3. The van der Waals surface area contributed by atoms with Crippen LogP contribution >= 0.6 is 0 Å². The Morgan fingerprint density at radius 2 is 2.13 bits per heavy atom. The van der Waals surface area contributed by atoms with Gasteiger partial charge in [-0.25, -0.2) is 4.68 Å². The summed E-state index contributed by atoms with van der Waals surface area (Å²) in [6.45, 7) is 1.90. The SMILES string of the molecule is Cc1cc(CN(C)C(=O)Cn2nnc3ccccc3c2=O)no1. The van der Waals surface area contributed by atoms with Crippen LogP contribution in [0.15, 0.2) is 39.6 Å². The predicted octanol–water partition coefficient (Wildman–Crippen LogP) is 0.747. The average molecular weight is 313 g/mol. The van der Waals surface area contributed by atoms with Crippen LogP contribution in [0, 0.1) is 6.92 Å². The van der Waals surface area contributed by atoms with Crippen LogP contribution in [0.1, 0.15) is 11.5 Å². The van der Waals surface area contributed by atoms with Crippen molar-refractivity contribution >= 4 is 16.8 Å². The fraction of sp³-hybridized carbons (Fsp3) is 0.267. The fourth-order valence-corrected chi connectivity index (χ4v) is 2.20. The Morgan fingerprint density at radius 1 is 1.35 bits per heavy atom. The predicted molar refractivity (Wildman–Crippen MR) is 81.5 cm³/mol. The molecule has 1 amide bonds. The van der Waals surface area contributed by atoms with Crippen LogP contribution < -0.4 is 5.56 Å². The van der Waals surface area contributed by atoms with Crippen molar-refractivity contribution in [1.82, 2.24) is 25.1 Å². The number of fused-ring (bicyclic) bond motifs is 1. The smallest absolute Gasteiger partial charge is 0.278 e. The third kappa shape index (κ3) is 3.10. The molecule has 3 aromatic rings. The minimum atomic E-state index is -0.338. The minimum absolute atomic E-state index is 0.177. The maximum atomic E-state index is 12.3. The molecule has 0 aliphatic rings. The van der Waals surface area contributed by atoms with Crippen molar-refractivity contribution in [3.8, 4) is 0 Å². The van der Waals surface area contributed by atoms with Gasteiger partial charge >= 0.3 is 0 Å². The molecule has 0 N–H and O–H groups in total. The van der Waals surface area contributed by atoms with E-state index in [0.717, 1.165) is 4.68 Å². The Hall–Kier alpha value is -3.03. The van der Waals surface area contributed by atoms with Crippen LogP contribution in [0.3, 0.4) is 0 Å². The number of likely N-dealkylation sites (N-methyl/N-ethyl adjacent to an activating group) is 1. The molecule has 2 heterocycles. The maximum absolute atomic E-state index is 12.3. The largest absolute Gasteiger partial charge is 0.361 e. The lowest BCUT2D eigenvalue weighted by Crippen LogP contribution is -2.35. The Morgan fingerprint density at radius 3 is 2.87 bits per heavy atom. The van der Waals surface area contributed by atoms with Crippen molar-refractivity contribution in [2.75, 3.05) is 7.05 Å². The molecule has 0 aliphatic heterocycles. The van der Waals surface area contributed by atoms with E-state index in [1.54, 1.807) is 44.3 Å². The molecule has 8 nitrogen and oxygen atoms in total. The van der Waals surface area contributed by atoms with E-state index in [0.29, 0.717) is 28.9 Å². The number of rotatable bonds is 4. The Labute approximate surface area is 131 Å². The monoisotopic (exact) mass is 313 g/mol. The topological polar surface area (TPSA) is 94.1 Å². The molecule has 0 spiro atoms.